The second kappa shape index (κ2) is 11.6. The molecule has 0 aliphatic rings. The lowest BCUT2D eigenvalue weighted by Crippen LogP contribution is -2.18. The van der Waals surface area contributed by atoms with Crippen LogP contribution in [0.2, 0.25) is 10.0 Å². The molecule has 0 bridgehead atoms. The molecule has 35 heavy (non-hydrogen) atoms. The third-order valence-electron chi connectivity index (χ3n) is 4.52. The lowest BCUT2D eigenvalue weighted by atomic mass is 10.1. The van der Waals surface area contributed by atoms with Crippen molar-refractivity contribution in [3.63, 3.8) is 0 Å². The van der Waals surface area contributed by atoms with Gasteiger partial charge in [-0.2, -0.15) is 5.10 Å². The highest BCUT2D eigenvalue weighted by Crippen LogP contribution is 2.35. The predicted octanol–water partition coefficient (Wildman–Crippen LogP) is 5.59. The van der Waals surface area contributed by atoms with Gasteiger partial charge in [0, 0.05) is 6.20 Å². The molecule has 9 nitrogen and oxygen atoms in total. The van der Waals surface area contributed by atoms with Gasteiger partial charge in [-0.05, 0) is 51.5 Å². The molecule has 2 heterocycles. The van der Waals surface area contributed by atoms with Crippen molar-refractivity contribution in [1.29, 1.82) is 0 Å². The number of aromatic nitrogens is 2. The molecule has 0 atom stereocenters. The molecule has 1 amide bonds. The minimum absolute atomic E-state index is 0.0234. The van der Waals surface area contributed by atoms with Crippen LogP contribution in [0.4, 0.5) is 5.00 Å². The van der Waals surface area contributed by atoms with E-state index in [0.717, 1.165) is 11.3 Å². The predicted molar refractivity (Wildman–Crippen MR) is 133 cm³/mol. The molecular formula is C23H23Cl2N3O6S. The molecular weight excluding hydrogens is 517 g/mol. The molecule has 3 aromatic rings. The van der Waals surface area contributed by atoms with E-state index in [2.05, 4.69) is 10.4 Å². The maximum atomic E-state index is 12.9. The molecule has 12 heteroatoms. The standard InChI is InChI=1S/C23H23Cl2N3O6S/c1-5-32-23(31)19-13(4)17(22(30)34-12(2)3)21(35-19)26-20(29)15-9-10-28(27-15)11-33-16-8-6-7-14(24)18(16)25/h6-10,12H,5,11H2,1-4H3,(H,26,29). The van der Waals surface area contributed by atoms with Gasteiger partial charge >= 0.3 is 11.9 Å². The maximum absolute atomic E-state index is 12.9. The summed E-state index contributed by atoms with van der Waals surface area (Å²) in [4.78, 5) is 38.1. The van der Waals surface area contributed by atoms with Crippen LogP contribution in [0.1, 0.15) is 56.9 Å². The number of halogens is 2. The van der Waals surface area contributed by atoms with E-state index in [4.69, 9.17) is 37.4 Å². The second-order valence-corrected chi connectivity index (χ2v) is 9.26. The van der Waals surface area contributed by atoms with E-state index in [1.54, 1.807) is 52.1 Å². The Morgan fingerprint density at radius 1 is 1.17 bits per heavy atom. The Morgan fingerprint density at radius 3 is 2.60 bits per heavy atom. The first-order chi connectivity index (χ1) is 16.6. The largest absolute Gasteiger partial charge is 0.470 e. The number of carbonyl (C=O) groups excluding carboxylic acids is 3. The number of rotatable bonds is 9. The Hall–Kier alpha value is -3.08. The van der Waals surface area contributed by atoms with Crippen molar-refractivity contribution in [1.82, 2.24) is 9.78 Å². The fraction of sp³-hybridized carbons (Fsp3) is 0.304. The molecule has 0 fully saturated rings. The average molecular weight is 540 g/mol. The van der Waals surface area contributed by atoms with E-state index in [1.807, 2.05) is 0 Å². The van der Waals surface area contributed by atoms with Crippen molar-refractivity contribution in [2.75, 3.05) is 11.9 Å². The number of thiophene rings is 1. The lowest BCUT2D eigenvalue weighted by molar-refractivity contribution is 0.0379. The van der Waals surface area contributed by atoms with Gasteiger partial charge in [-0.15, -0.1) is 11.3 Å². The van der Waals surface area contributed by atoms with Crippen LogP contribution in [0.15, 0.2) is 30.5 Å². The number of nitrogens with zero attached hydrogens (tertiary/aromatic N) is 2. The zero-order valence-corrected chi connectivity index (χ0v) is 21.7. The Bertz CT molecular complexity index is 1250. The first kappa shape index (κ1) is 26.5. The fourth-order valence-corrected chi connectivity index (χ4v) is 4.39. The normalized spacial score (nSPS) is 10.8. The van der Waals surface area contributed by atoms with Gasteiger partial charge in [-0.25, -0.2) is 14.3 Å². The molecule has 3 rings (SSSR count). The van der Waals surface area contributed by atoms with Gasteiger partial charge in [-0.1, -0.05) is 29.3 Å². The van der Waals surface area contributed by atoms with Crippen molar-refractivity contribution in [3.8, 4) is 5.75 Å². The van der Waals surface area contributed by atoms with Crippen LogP contribution in [0, 0.1) is 6.92 Å². The third kappa shape index (κ3) is 6.33. The number of anilines is 1. The van der Waals surface area contributed by atoms with Crippen LogP contribution in [0.25, 0.3) is 0 Å². The van der Waals surface area contributed by atoms with Gasteiger partial charge in [0.1, 0.15) is 20.7 Å². The average Bonchev–Trinajstić information content (AvgIpc) is 3.39. The van der Waals surface area contributed by atoms with E-state index >= 15 is 0 Å². The summed E-state index contributed by atoms with van der Waals surface area (Å²) in [6, 6.07) is 6.47. The molecule has 2 aromatic heterocycles. The van der Waals surface area contributed by atoms with Gasteiger partial charge in [-0.3, -0.25) is 4.79 Å². The summed E-state index contributed by atoms with van der Waals surface area (Å²) < 4.78 is 17.4. The topological polar surface area (TPSA) is 109 Å². The fourth-order valence-electron chi connectivity index (χ4n) is 2.96. The highest BCUT2D eigenvalue weighted by molar-refractivity contribution is 7.18. The van der Waals surface area contributed by atoms with Crippen LogP contribution in [-0.4, -0.2) is 40.3 Å². The second-order valence-electron chi connectivity index (χ2n) is 7.45. The zero-order chi connectivity index (χ0) is 25.7. The molecule has 1 N–H and O–H groups in total. The summed E-state index contributed by atoms with van der Waals surface area (Å²) in [6.07, 6.45) is 1.16. The minimum atomic E-state index is -0.656. The van der Waals surface area contributed by atoms with Crippen LogP contribution < -0.4 is 10.1 Å². The van der Waals surface area contributed by atoms with Crippen LogP contribution >= 0.6 is 34.5 Å². The van der Waals surface area contributed by atoms with Crippen molar-refractivity contribution in [2.45, 2.75) is 40.5 Å². The van der Waals surface area contributed by atoms with Gasteiger partial charge in [0.05, 0.1) is 23.3 Å². The summed E-state index contributed by atoms with van der Waals surface area (Å²) in [5.41, 5.74) is 0.530. The number of benzene rings is 1. The van der Waals surface area contributed by atoms with Crippen LogP contribution in [-0.2, 0) is 16.2 Å². The van der Waals surface area contributed by atoms with Crippen molar-refractivity contribution < 1.29 is 28.6 Å². The van der Waals surface area contributed by atoms with Gasteiger partial charge in [0.2, 0.25) is 0 Å². The molecule has 0 saturated carbocycles. The molecule has 186 valence electrons. The van der Waals surface area contributed by atoms with Crippen LogP contribution in [0.3, 0.4) is 0 Å². The van der Waals surface area contributed by atoms with Crippen molar-refractivity contribution in [3.05, 3.63) is 62.2 Å². The highest BCUT2D eigenvalue weighted by Gasteiger charge is 2.28. The SMILES string of the molecule is CCOC(=O)c1sc(NC(=O)c2ccn(COc3cccc(Cl)c3Cl)n2)c(C(=O)OC(C)C)c1C. The third-order valence-corrected chi connectivity index (χ3v) is 6.51. The number of amides is 1. The molecule has 0 unspecified atom stereocenters. The number of esters is 2. The van der Waals surface area contributed by atoms with E-state index in [9.17, 15) is 14.4 Å². The summed E-state index contributed by atoms with van der Waals surface area (Å²) in [5.74, 6) is -1.46. The number of carbonyl (C=O) groups is 3. The maximum Gasteiger partial charge on any atom is 0.348 e. The van der Waals surface area contributed by atoms with E-state index < -0.39 is 17.8 Å². The highest BCUT2D eigenvalue weighted by atomic mass is 35.5. The summed E-state index contributed by atoms with van der Waals surface area (Å²) in [6.45, 7) is 6.83. The van der Waals surface area contributed by atoms with Crippen LogP contribution in [0.5, 0.6) is 5.75 Å². The van der Waals surface area contributed by atoms with E-state index in [1.165, 1.54) is 10.7 Å². The number of nitrogens with one attached hydrogen (secondary N) is 1. The Kier molecular flexibility index (Phi) is 8.76. The number of ether oxygens (including phenoxy) is 3. The summed E-state index contributed by atoms with van der Waals surface area (Å²) in [5, 5.41) is 7.63. The first-order valence-electron chi connectivity index (χ1n) is 10.5. The Morgan fingerprint density at radius 2 is 1.91 bits per heavy atom. The van der Waals surface area contributed by atoms with E-state index in [-0.39, 0.29) is 45.6 Å². The first-order valence-corrected chi connectivity index (χ1v) is 12.1. The van der Waals surface area contributed by atoms with Gasteiger partial charge in [0.15, 0.2) is 12.4 Å². The summed E-state index contributed by atoms with van der Waals surface area (Å²) in [7, 11) is 0. The number of hydrogen-bond donors (Lipinski definition) is 1. The van der Waals surface area contributed by atoms with E-state index in [0.29, 0.717) is 16.3 Å². The molecule has 0 spiro atoms. The zero-order valence-electron chi connectivity index (χ0n) is 19.4. The molecule has 0 saturated heterocycles. The molecule has 0 aliphatic heterocycles. The Balaban J connectivity index is 1.79. The smallest absolute Gasteiger partial charge is 0.348 e. The molecule has 0 aliphatic carbocycles. The number of hydrogen-bond acceptors (Lipinski definition) is 8. The quantitative estimate of drug-likeness (QED) is 0.353. The minimum Gasteiger partial charge on any atom is -0.470 e. The Labute approximate surface area is 215 Å². The van der Waals surface area contributed by atoms with Crippen molar-refractivity contribution >= 4 is 57.4 Å². The van der Waals surface area contributed by atoms with Gasteiger partial charge in [0.25, 0.3) is 5.91 Å². The summed E-state index contributed by atoms with van der Waals surface area (Å²) >= 11 is 13.0. The van der Waals surface area contributed by atoms with Gasteiger partial charge < -0.3 is 19.5 Å². The van der Waals surface area contributed by atoms with Crippen molar-refractivity contribution in [2.24, 2.45) is 0 Å². The molecule has 0 radical (unpaired) electrons. The molecule has 1 aromatic carbocycles. The lowest BCUT2D eigenvalue weighted by Gasteiger charge is -2.10. The monoisotopic (exact) mass is 539 g/mol.